The van der Waals surface area contributed by atoms with E-state index in [-0.39, 0.29) is 6.04 Å². The number of rotatable bonds is 2. The van der Waals surface area contributed by atoms with Crippen molar-refractivity contribution in [2.75, 3.05) is 0 Å². The molecule has 1 fully saturated rings. The van der Waals surface area contributed by atoms with Crippen LogP contribution in [0.5, 0.6) is 0 Å². The SMILES string of the molecule is O=C(N=S(=O)=O)ONC1CCCCC1. The third-order valence-electron chi connectivity index (χ3n) is 2.07. The van der Waals surface area contributed by atoms with Crippen molar-refractivity contribution in [2.45, 2.75) is 38.1 Å². The first-order valence-corrected chi connectivity index (χ1v) is 5.49. The fourth-order valence-corrected chi connectivity index (χ4v) is 1.59. The molecular formula is C7H12N2O4S. The highest BCUT2D eigenvalue weighted by molar-refractivity contribution is 7.62. The van der Waals surface area contributed by atoms with Crippen molar-refractivity contribution in [1.29, 1.82) is 0 Å². The van der Waals surface area contributed by atoms with Crippen LogP contribution in [0.2, 0.25) is 0 Å². The molecule has 6 nitrogen and oxygen atoms in total. The summed E-state index contributed by atoms with van der Waals surface area (Å²) in [6.07, 6.45) is 4.14. The van der Waals surface area contributed by atoms with Crippen molar-refractivity contribution in [3.8, 4) is 0 Å². The van der Waals surface area contributed by atoms with Gasteiger partial charge in [0, 0.05) is 6.04 Å². The number of hydroxylamine groups is 1. The Balaban J connectivity index is 2.25. The zero-order valence-electron chi connectivity index (χ0n) is 7.60. The lowest BCUT2D eigenvalue weighted by Crippen LogP contribution is -2.32. The summed E-state index contributed by atoms with van der Waals surface area (Å²) in [6, 6.07) is 0.128. The minimum Gasteiger partial charge on any atom is -0.351 e. The molecule has 0 unspecified atom stereocenters. The zero-order valence-corrected chi connectivity index (χ0v) is 8.42. The molecule has 1 rings (SSSR count). The molecule has 1 amide bonds. The molecule has 1 aliphatic rings. The number of carbonyl (C=O) groups excluding carboxylic acids is 1. The van der Waals surface area contributed by atoms with Crippen LogP contribution in [0.3, 0.4) is 0 Å². The fourth-order valence-electron chi connectivity index (χ4n) is 1.43. The molecule has 0 radical (unpaired) electrons. The number of nitrogens with zero attached hydrogens (tertiary/aromatic N) is 1. The molecule has 1 aliphatic carbocycles. The maximum atomic E-state index is 10.7. The highest BCUT2D eigenvalue weighted by Gasteiger charge is 2.14. The number of nitrogens with one attached hydrogen (secondary N) is 1. The van der Waals surface area contributed by atoms with E-state index in [1.165, 1.54) is 6.42 Å². The summed E-state index contributed by atoms with van der Waals surface area (Å²) in [5.74, 6) is 0. The smallest absolute Gasteiger partial charge is 0.351 e. The van der Waals surface area contributed by atoms with Gasteiger partial charge in [-0.25, -0.2) is 4.79 Å². The van der Waals surface area contributed by atoms with E-state index in [9.17, 15) is 13.2 Å². The van der Waals surface area contributed by atoms with Crippen molar-refractivity contribution >= 4 is 16.6 Å². The van der Waals surface area contributed by atoms with Crippen LogP contribution in [0.15, 0.2) is 4.36 Å². The first-order chi connectivity index (χ1) is 6.68. The van der Waals surface area contributed by atoms with Gasteiger partial charge in [0.2, 0.25) is 0 Å². The number of amides is 1. The van der Waals surface area contributed by atoms with Gasteiger partial charge in [0.25, 0.3) is 0 Å². The van der Waals surface area contributed by atoms with Crippen LogP contribution in [0.1, 0.15) is 32.1 Å². The Morgan fingerprint density at radius 3 is 2.50 bits per heavy atom. The van der Waals surface area contributed by atoms with Gasteiger partial charge in [0.05, 0.1) is 0 Å². The first kappa shape index (κ1) is 11.1. The van der Waals surface area contributed by atoms with Gasteiger partial charge in [-0.05, 0) is 12.8 Å². The predicted molar refractivity (Wildman–Crippen MR) is 47.8 cm³/mol. The van der Waals surface area contributed by atoms with Gasteiger partial charge in [0.1, 0.15) is 0 Å². The molecule has 0 spiro atoms. The normalized spacial score (nSPS) is 17.4. The van der Waals surface area contributed by atoms with Crippen molar-refractivity contribution in [1.82, 2.24) is 5.48 Å². The Labute approximate surface area is 83.3 Å². The number of hydrogen-bond donors (Lipinski definition) is 1. The summed E-state index contributed by atoms with van der Waals surface area (Å²) < 4.78 is 22.6. The van der Waals surface area contributed by atoms with Crippen molar-refractivity contribution < 1.29 is 18.0 Å². The summed E-state index contributed by atoms with van der Waals surface area (Å²) in [6.45, 7) is 0. The first-order valence-electron chi connectivity index (χ1n) is 4.46. The van der Waals surface area contributed by atoms with E-state index in [1.54, 1.807) is 0 Å². The van der Waals surface area contributed by atoms with E-state index < -0.39 is 16.6 Å². The van der Waals surface area contributed by atoms with Gasteiger partial charge in [-0.2, -0.15) is 8.42 Å². The van der Waals surface area contributed by atoms with E-state index in [1.807, 2.05) is 0 Å². The van der Waals surface area contributed by atoms with E-state index in [0.29, 0.717) is 0 Å². The van der Waals surface area contributed by atoms with Crippen molar-refractivity contribution in [3.63, 3.8) is 0 Å². The van der Waals surface area contributed by atoms with Crippen LogP contribution < -0.4 is 5.48 Å². The number of carbonyl (C=O) groups is 1. The van der Waals surface area contributed by atoms with Gasteiger partial charge in [0.15, 0.2) is 0 Å². The standard InChI is InChI=1S/C7H12N2O4S/c10-7(9-14(11)12)13-8-6-4-2-1-3-5-6/h6,8H,1-5H2. The van der Waals surface area contributed by atoms with Crippen LogP contribution in [-0.2, 0) is 15.3 Å². The molecule has 0 saturated heterocycles. The van der Waals surface area contributed by atoms with Gasteiger partial charge in [-0.15, -0.1) is 5.48 Å². The van der Waals surface area contributed by atoms with Crippen LogP contribution in [0.4, 0.5) is 4.79 Å². The quantitative estimate of drug-likeness (QED) is 0.702. The van der Waals surface area contributed by atoms with Gasteiger partial charge < -0.3 is 4.84 Å². The molecule has 7 heteroatoms. The van der Waals surface area contributed by atoms with Gasteiger partial charge >= 0.3 is 16.6 Å². The lowest BCUT2D eigenvalue weighted by molar-refractivity contribution is 0.0667. The lowest BCUT2D eigenvalue weighted by Gasteiger charge is -2.20. The Morgan fingerprint density at radius 2 is 1.93 bits per heavy atom. The van der Waals surface area contributed by atoms with Crippen LogP contribution in [-0.4, -0.2) is 20.6 Å². The summed E-state index contributed by atoms with van der Waals surface area (Å²) in [5, 5.41) is 0. The zero-order chi connectivity index (χ0) is 10.4. The third-order valence-corrected chi connectivity index (χ3v) is 2.37. The molecule has 0 aromatic carbocycles. The average Bonchev–Trinajstić information content (AvgIpc) is 2.15. The topological polar surface area (TPSA) is 84.8 Å². The Kier molecular flexibility index (Phi) is 4.54. The molecule has 1 N–H and O–H groups in total. The van der Waals surface area contributed by atoms with Crippen LogP contribution in [0.25, 0.3) is 0 Å². The highest BCUT2D eigenvalue weighted by atomic mass is 32.2. The van der Waals surface area contributed by atoms with E-state index in [0.717, 1.165) is 25.7 Å². The molecule has 0 aromatic rings. The van der Waals surface area contributed by atoms with E-state index >= 15 is 0 Å². The summed E-state index contributed by atoms with van der Waals surface area (Å²) >= 11 is 0. The lowest BCUT2D eigenvalue weighted by atomic mass is 9.96. The monoisotopic (exact) mass is 220 g/mol. The maximum Gasteiger partial charge on any atom is 0.467 e. The summed E-state index contributed by atoms with van der Waals surface area (Å²) in [4.78, 5) is 15.1. The van der Waals surface area contributed by atoms with E-state index in [4.69, 9.17) is 0 Å². The number of hydrogen-bond acceptors (Lipinski definition) is 5. The molecule has 80 valence electrons. The maximum absolute atomic E-state index is 10.7. The fraction of sp³-hybridized carbons (Fsp3) is 0.857. The Morgan fingerprint density at radius 1 is 1.29 bits per heavy atom. The van der Waals surface area contributed by atoms with Crippen LogP contribution in [0, 0.1) is 0 Å². The molecule has 0 atom stereocenters. The minimum atomic E-state index is -2.74. The molecule has 1 saturated carbocycles. The van der Waals surface area contributed by atoms with Crippen LogP contribution >= 0.6 is 0 Å². The Hall–Kier alpha value is -0.950. The second-order valence-electron chi connectivity index (χ2n) is 3.13. The highest BCUT2D eigenvalue weighted by Crippen LogP contribution is 2.17. The second kappa shape index (κ2) is 5.71. The summed E-state index contributed by atoms with van der Waals surface area (Å²) in [7, 11) is -2.74. The molecule has 14 heavy (non-hydrogen) atoms. The Bertz CT molecular complexity index is 311. The molecule has 0 aromatic heterocycles. The second-order valence-corrected chi connectivity index (χ2v) is 3.75. The molecular weight excluding hydrogens is 208 g/mol. The largest absolute Gasteiger partial charge is 0.467 e. The minimum absolute atomic E-state index is 0.128. The molecule has 0 heterocycles. The van der Waals surface area contributed by atoms with Gasteiger partial charge in [-0.1, -0.05) is 23.6 Å². The van der Waals surface area contributed by atoms with Gasteiger partial charge in [-0.3, -0.25) is 0 Å². The molecule has 0 bridgehead atoms. The average molecular weight is 220 g/mol. The predicted octanol–water partition coefficient (Wildman–Crippen LogP) is 1.02. The summed E-state index contributed by atoms with van der Waals surface area (Å²) in [5.41, 5.74) is 2.51. The third kappa shape index (κ3) is 4.33. The van der Waals surface area contributed by atoms with E-state index in [2.05, 4.69) is 14.7 Å². The van der Waals surface area contributed by atoms with Crippen molar-refractivity contribution in [2.24, 2.45) is 4.36 Å². The van der Waals surface area contributed by atoms with Crippen molar-refractivity contribution in [3.05, 3.63) is 0 Å². The molecule has 0 aliphatic heterocycles.